The van der Waals surface area contributed by atoms with E-state index in [1.807, 2.05) is 18.4 Å². The fourth-order valence-corrected chi connectivity index (χ4v) is 2.51. The topological polar surface area (TPSA) is 91.6 Å². The minimum absolute atomic E-state index is 0.183. The number of nitrogens with one attached hydrogen (secondary N) is 2. The molecule has 1 atom stereocenters. The third-order valence-electron chi connectivity index (χ3n) is 3.19. The molecule has 1 aromatic carbocycles. The molecule has 0 saturated carbocycles. The van der Waals surface area contributed by atoms with Crippen LogP contribution in [0.25, 0.3) is 0 Å². The smallest absolute Gasteiger partial charge is 0.313 e. The Bertz CT molecular complexity index is 658. The first-order valence-electron chi connectivity index (χ1n) is 7.04. The maximum atomic E-state index is 11.9. The van der Waals surface area contributed by atoms with E-state index in [9.17, 15) is 14.7 Å². The van der Waals surface area contributed by atoms with Gasteiger partial charge in [-0.25, -0.2) is 0 Å². The number of aliphatic hydroxyl groups is 1. The van der Waals surface area contributed by atoms with Crippen LogP contribution in [0.1, 0.15) is 18.1 Å². The molecule has 0 fully saturated rings. The Labute approximate surface area is 138 Å². The molecule has 2 amide bonds. The number of furan rings is 1. The largest absolute Gasteiger partial charge is 0.472 e. The predicted octanol–water partition coefficient (Wildman–Crippen LogP) is 2.18. The summed E-state index contributed by atoms with van der Waals surface area (Å²) in [6.45, 7) is 0.183. The predicted molar refractivity (Wildman–Crippen MR) is 88.1 cm³/mol. The van der Waals surface area contributed by atoms with Gasteiger partial charge in [0.1, 0.15) is 0 Å². The molecule has 2 rings (SSSR count). The molecule has 6 nitrogen and oxygen atoms in total. The van der Waals surface area contributed by atoms with Crippen LogP contribution in [0.4, 0.5) is 5.69 Å². The minimum Gasteiger partial charge on any atom is -0.472 e. The molecule has 7 heteroatoms. The normalized spacial score (nSPS) is 11.7. The summed E-state index contributed by atoms with van der Waals surface area (Å²) < 4.78 is 4.88. The second-order valence-corrected chi connectivity index (χ2v) is 5.62. The number of carbonyl (C=O) groups excluding carboxylic acids is 2. The van der Waals surface area contributed by atoms with Crippen LogP contribution >= 0.6 is 11.8 Å². The third kappa shape index (κ3) is 4.87. The van der Waals surface area contributed by atoms with Crippen LogP contribution < -0.4 is 10.6 Å². The van der Waals surface area contributed by atoms with Crippen molar-refractivity contribution < 1.29 is 19.1 Å². The van der Waals surface area contributed by atoms with E-state index >= 15 is 0 Å². The van der Waals surface area contributed by atoms with Crippen LogP contribution in [-0.2, 0) is 9.59 Å². The first-order chi connectivity index (χ1) is 11.1. The number of amides is 2. The van der Waals surface area contributed by atoms with Gasteiger partial charge >= 0.3 is 11.8 Å². The molecule has 0 bridgehead atoms. The zero-order valence-electron chi connectivity index (χ0n) is 12.6. The van der Waals surface area contributed by atoms with Gasteiger partial charge in [0.15, 0.2) is 0 Å². The van der Waals surface area contributed by atoms with Gasteiger partial charge in [-0.15, -0.1) is 11.8 Å². The van der Waals surface area contributed by atoms with E-state index < -0.39 is 17.9 Å². The van der Waals surface area contributed by atoms with Crippen molar-refractivity contribution >= 4 is 29.3 Å². The molecule has 0 aliphatic carbocycles. The molecule has 0 saturated heterocycles. The fraction of sp³-hybridized carbons (Fsp3) is 0.250. The average molecular weight is 334 g/mol. The molecule has 0 aliphatic rings. The van der Waals surface area contributed by atoms with Crippen LogP contribution in [0.2, 0.25) is 0 Å². The highest BCUT2D eigenvalue weighted by Gasteiger charge is 2.16. The Morgan fingerprint density at radius 3 is 2.74 bits per heavy atom. The summed E-state index contributed by atoms with van der Waals surface area (Å²) in [4.78, 5) is 24.5. The molecule has 1 aromatic heterocycles. The fourth-order valence-electron chi connectivity index (χ4n) is 1.96. The molecule has 0 aliphatic heterocycles. The van der Waals surface area contributed by atoms with E-state index in [2.05, 4.69) is 10.6 Å². The van der Waals surface area contributed by atoms with Gasteiger partial charge in [0.2, 0.25) is 0 Å². The van der Waals surface area contributed by atoms with Gasteiger partial charge in [0.25, 0.3) is 0 Å². The van der Waals surface area contributed by atoms with Crippen LogP contribution in [0.3, 0.4) is 0 Å². The first-order valence-corrected chi connectivity index (χ1v) is 8.26. The number of benzene rings is 1. The summed E-state index contributed by atoms with van der Waals surface area (Å²) in [6, 6.07) is 8.89. The second-order valence-electron chi connectivity index (χ2n) is 4.77. The van der Waals surface area contributed by atoms with Crippen molar-refractivity contribution in [3.05, 3.63) is 48.4 Å². The van der Waals surface area contributed by atoms with Crippen molar-refractivity contribution in [3.63, 3.8) is 0 Å². The minimum atomic E-state index is -0.741. The lowest BCUT2D eigenvalue weighted by Crippen LogP contribution is -2.36. The number of para-hydroxylation sites is 1. The monoisotopic (exact) mass is 334 g/mol. The zero-order chi connectivity index (χ0) is 16.7. The lowest BCUT2D eigenvalue weighted by atomic mass is 10.1. The van der Waals surface area contributed by atoms with Gasteiger partial charge < -0.3 is 20.2 Å². The number of anilines is 1. The molecule has 122 valence electrons. The third-order valence-corrected chi connectivity index (χ3v) is 3.99. The Morgan fingerprint density at radius 1 is 1.26 bits per heavy atom. The Kier molecular flexibility index (Phi) is 6.25. The molecule has 1 unspecified atom stereocenters. The van der Waals surface area contributed by atoms with E-state index in [0.717, 1.165) is 4.90 Å². The maximum absolute atomic E-state index is 11.9. The van der Waals surface area contributed by atoms with Crippen molar-refractivity contribution in [2.45, 2.75) is 17.4 Å². The van der Waals surface area contributed by atoms with Crippen LogP contribution in [0.5, 0.6) is 0 Å². The molecule has 2 aromatic rings. The quantitative estimate of drug-likeness (QED) is 0.556. The molecular weight excluding hydrogens is 316 g/mol. The molecular formula is C16H18N2O4S. The summed E-state index contributed by atoms with van der Waals surface area (Å²) in [5.41, 5.74) is 1.23. The second kappa shape index (κ2) is 8.40. The average Bonchev–Trinajstić information content (AvgIpc) is 3.09. The van der Waals surface area contributed by atoms with E-state index in [1.54, 1.807) is 18.2 Å². The van der Waals surface area contributed by atoms with E-state index in [4.69, 9.17) is 4.42 Å². The Balaban J connectivity index is 1.80. The Hall–Kier alpha value is -2.25. The highest BCUT2D eigenvalue weighted by atomic mass is 32.2. The number of carbonyl (C=O) groups is 2. The summed E-state index contributed by atoms with van der Waals surface area (Å²) in [6.07, 6.45) is 4.35. The lowest BCUT2D eigenvalue weighted by Gasteiger charge is -2.11. The van der Waals surface area contributed by atoms with Gasteiger partial charge in [-0.3, -0.25) is 9.59 Å². The molecule has 1 heterocycles. The van der Waals surface area contributed by atoms with E-state index in [1.165, 1.54) is 24.3 Å². The van der Waals surface area contributed by atoms with Gasteiger partial charge in [0, 0.05) is 17.0 Å². The van der Waals surface area contributed by atoms with Gasteiger partial charge in [-0.1, -0.05) is 12.1 Å². The SMILES string of the molecule is CSc1ccccc1NC(=O)C(=O)NCCC(O)c1ccoc1. The Morgan fingerprint density at radius 2 is 2.04 bits per heavy atom. The lowest BCUT2D eigenvalue weighted by molar-refractivity contribution is -0.136. The van der Waals surface area contributed by atoms with Crippen molar-refractivity contribution in [3.8, 4) is 0 Å². The molecule has 23 heavy (non-hydrogen) atoms. The van der Waals surface area contributed by atoms with Crippen LogP contribution in [-0.4, -0.2) is 29.7 Å². The molecule has 0 radical (unpaired) electrons. The number of aliphatic hydroxyl groups excluding tert-OH is 1. The zero-order valence-corrected chi connectivity index (χ0v) is 13.4. The summed E-state index contributed by atoms with van der Waals surface area (Å²) in [5, 5.41) is 14.9. The van der Waals surface area contributed by atoms with Gasteiger partial charge in [0.05, 0.1) is 24.3 Å². The highest BCUT2D eigenvalue weighted by molar-refractivity contribution is 7.98. The number of hydrogen-bond acceptors (Lipinski definition) is 5. The van der Waals surface area contributed by atoms with Crippen LogP contribution in [0, 0.1) is 0 Å². The number of thioether (sulfide) groups is 1. The summed E-state index contributed by atoms with van der Waals surface area (Å²) in [5.74, 6) is -1.47. The summed E-state index contributed by atoms with van der Waals surface area (Å²) >= 11 is 1.48. The molecule has 3 N–H and O–H groups in total. The molecule has 0 spiro atoms. The van der Waals surface area contributed by atoms with E-state index in [0.29, 0.717) is 17.7 Å². The van der Waals surface area contributed by atoms with Crippen molar-refractivity contribution in [1.82, 2.24) is 5.32 Å². The van der Waals surface area contributed by atoms with Crippen molar-refractivity contribution in [2.75, 3.05) is 18.1 Å². The van der Waals surface area contributed by atoms with Gasteiger partial charge in [-0.05, 0) is 30.9 Å². The maximum Gasteiger partial charge on any atom is 0.313 e. The van der Waals surface area contributed by atoms with E-state index in [-0.39, 0.29) is 6.54 Å². The van der Waals surface area contributed by atoms with Crippen LogP contribution in [0.15, 0.2) is 52.2 Å². The van der Waals surface area contributed by atoms with Crippen molar-refractivity contribution in [1.29, 1.82) is 0 Å². The summed E-state index contributed by atoms with van der Waals surface area (Å²) in [7, 11) is 0. The van der Waals surface area contributed by atoms with Gasteiger partial charge in [-0.2, -0.15) is 0 Å². The number of hydrogen-bond donors (Lipinski definition) is 3. The first kappa shape index (κ1) is 17.1. The number of rotatable bonds is 6. The van der Waals surface area contributed by atoms with Crippen molar-refractivity contribution in [2.24, 2.45) is 0 Å². The highest BCUT2D eigenvalue weighted by Crippen LogP contribution is 2.24. The standard InChI is InChI=1S/C16H18N2O4S/c1-23-14-5-3-2-4-12(14)18-16(21)15(20)17-8-6-13(19)11-7-9-22-10-11/h2-5,7,9-10,13,19H,6,8H2,1H3,(H,17,20)(H,18,21).